The van der Waals surface area contributed by atoms with E-state index in [2.05, 4.69) is 15.5 Å². The van der Waals surface area contributed by atoms with Crippen LogP contribution in [0.25, 0.3) is 0 Å². The van der Waals surface area contributed by atoms with Crippen LogP contribution in [0.5, 0.6) is 0 Å². The number of rotatable bonds is 4. The highest BCUT2D eigenvalue weighted by atomic mass is 19.4. The van der Waals surface area contributed by atoms with Gasteiger partial charge in [-0.3, -0.25) is 5.10 Å². The first-order valence-corrected chi connectivity index (χ1v) is 14.2. The van der Waals surface area contributed by atoms with E-state index in [1.54, 1.807) is 9.80 Å². The quantitative estimate of drug-likeness (QED) is 0.510. The van der Waals surface area contributed by atoms with Crippen molar-refractivity contribution in [2.45, 2.75) is 75.6 Å². The zero-order valence-electron chi connectivity index (χ0n) is 23.7. The second-order valence-corrected chi connectivity index (χ2v) is 12.3. The van der Waals surface area contributed by atoms with Crippen molar-refractivity contribution in [3.05, 3.63) is 52.8 Å². The molecule has 1 aromatic carbocycles. The predicted molar refractivity (Wildman–Crippen MR) is 144 cm³/mol. The molecule has 3 aliphatic rings. The lowest BCUT2D eigenvalue weighted by molar-refractivity contribution is -0.137. The van der Waals surface area contributed by atoms with Gasteiger partial charge in [0.25, 0.3) is 0 Å². The van der Waals surface area contributed by atoms with E-state index in [9.17, 15) is 22.8 Å². The Balaban J connectivity index is 1.38. The van der Waals surface area contributed by atoms with Crippen molar-refractivity contribution in [3.8, 4) is 0 Å². The molecule has 2 saturated heterocycles. The van der Waals surface area contributed by atoms with Crippen molar-refractivity contribution in [2.75, 3.05) is 39.4 Å². The second kappa shape index (κ2) is 11.2. The van der Waals surface area contributed by atoms with Crippen molar-refractivity contribution >= 4 is 12.1 Å². The molecule has 2 N–H and O–H groups in total. The van der Waals surface area contributed by atoms with Crippen LogP contribution < -0.4 is 5.32 Å². The molecule has 0 spiro atoms. The molecule has 2 atom stereocenters. The van der Waals surface area contributed by atoms with Gasteiger partial charge in [0.1, 0.15) is 5.60 Å². The van der Waals surface area contributed by atoms with Crippen LogP contribution in [0.15, 0.2) is 30.3 Å². The standard InChI is InChI=1S/C29H38F3N5O4/c1-27(2,3)41-25(38)33-28(9-4-10-28)24-16-23(34-35-24)21-15-20(19-5-7-22(8-6-19)29(30,31)32)17-37(18-21)26(39)36-11-13-40-14-12-36/h5-8,16,20-21H,4,9-15,17-18H2,1-3H3,(H,33,38)(H,34,35). The van der Waals surface area contributed by atoms with Crippen LogP contribution >= 0.6 is 0 Å². The first-order chi connectivity index (χ1) is 19.3. The number of hydrogen-bond acceptors (Lipinski definition) is 5. The fraction of sp³-hybridized carbons (Fsp3) is 0.621. The van der Waals surface area contributed by atoms with Crippen molar-refractivity contribution in [1.82, 2.24) is 25.3 Å². The van der Waals surface area contributed by atoms with Crippen molar-refractivity contribution in [2.24, 2.45) is 0 Å². The number of likely N-dealkylation sites (tertiary alicyclic amines) is 1. The number of morpholine rings is 1. The number of nitrogens with zero attached hydrogens (tertiary/aromatic N) is 3. The van der Waals surface area contributed by atoms with Gasteiger partial charge in [0.15, 0.2) is 0 Å². The molecule has 1 saturated carbocycles. The number of carbonyl (C=O) groups is 2. The summed E-state index contributed by atoms with van der Waals surface area (Å²) in [7, 11) is 0. The van der Waals surface area contributed by atoms with E-state index in [-0.39, 0.29) is 17.9 Å². The van der Waals surface area contributed by atoms with Gasteiger partial charge in [0, 0.05) is 43.7 Å². The Hall–Kier alpha value is -3.28. The number of hydrogen-bond donors (Lipinski definition) is 2. The average Bonchev–Trinajstić information content (AvgIpc) is 3.40. The molecule has 224 valence electrons. The van der Waals surface area contributed by atoms with E-state index >= 15 is 0 Å². The molecule has 0 radical (unpaired) electrons. The molecule has 3 heterocycles. The number of aromatic nitrogens is 2. The highest BCUT2D eigenvalue weighted by Gasteiger charge is 2.44. The lowest BCUT2D eigenvalue weighted by atomic mass is 9.74. The Bertz CT molecular complexity index is 1230. The molecule has 2 unspecified atom stereocenters. The van der Waals surface area contributed by atoms with Crippen LogP contribution in [0.2, 0.25) is 0 Å². The monoisotopic (exact) mass is 577 g/mol. The number of urea groups is 1. The van der Waals surface area contributed by atoms with Crippen LogP contribution in [0.4, 0.5) is 22.8 Å². The summed E-state index contributed by atoms with van der Waals surface area (Å²) in [4.78, 5) is 29.7. The SMILES string of the molecule is CC(C)(C)OC(=O)NC1(c2cc(C3CC(c4ccc(C(F)(F)F)cc4)CN(C(=O)N4CCOCC4)C3)[nH]n2)CCC1. The van der Waals surface area contributed by atoms with Crippen LogP contribution in [-0.2, 0) is 21.2 Å². The number of H-pyrrole nitrogens is 1. The van der Waals surface area contributed by atoms with E-state index in [1.807, 2.05) is 26.8 Å². The third-order valence-electron chi connectivity index (χ3n) is 8.19. The van der Waals surface area contributed by atoms with Gasteiger partial charge in [-0.25, -0.2) is 9.59 Å². The van der Waals surface area contributed by atoms with Gasteiger partial charge in [-0.05, 0) is 70.2 Å². The first kappa shape index (κ1) is 29.2. The summed E-state index contributed by atoms with van der Waals surface area (Å²) < 4.78 is 50.5. The molecule has 2 aromatic rings. The van der Waals surface area contributed by atoms with Gasteiger partial charge in [-0.2, -0.15) is 18.3 Å². The van der Waals surface area contributed by atoms with E-state index < -0.39 is 29.0 Å². The Morgan fingerprint density at radius 3 is 2.29 bits per heavy atom. The molecule has 1 aliphatic carbocycles. The van der Waals surface area contributed by atoms with Gasteiger partial charge in [-0.15, -0.1) is 0 Å². The predicted octanol–water partition coefficient (Wildman–Crippen LogP) is 5.36. The van der Waals surface area contributed by atoms with Crippen molar-refractivity contribution in [1.29, 1.82) is 0 Å². The Morgan fingerprint density at radius 2 is 1.71 bits per heavy atom. The number of amides is 3. The topological polar surface area (TPSA) is 99.8 Å². The molecule has 1 aromatic heterocycles. The Labute approximate surface area is 237 Å². The average molecular weight is 578 g/mol. The lowest BCUT2D eigenvalue weighted by Crippen LogP contribution is -2.52. The number of ether oxygens (including phenoxy) is 2. The third-order valence-corrected chi connectivity index (χ3v) is 8.19. The molecular formula is C29H38F3N5O4. The zero-order valence-corrected chi connectivity index (χ0v) is 23.7. The molecule has 3 fully saturated rings. The fourth-order valence-corrected chi connectivity index (χ4v) is 5.89. The lowest BCUT2D eigenvalue weighted by Gasteiger charge is -2.41. The molecule has 0 bridgehead atoms. The first-order valence-electron chi connectivity index (χ1n) is 14.2. The molecule has 3 amide bonds. The molecule has 5 rings (SSSR count). The summed E-state index contributed by atoms with van der Waals surface area (Å²) in [5.41, 5.74) is 0.348. The van der Waals surface area contributed by atoms with Crippen molar-refractivity contribution < 1.29 is 32.2 Å². The van der Waals surface area contributed by atoms with Crippen LogP contribution in [0.3, 0.4) is 0 Å². The van der Waals surface area contributed by atoms with Gasteiger partial charge >= 0.3 is 18.3 Å². The third kappa shape index (κ3) is 6.63. The maximum Gasteiger partial charge on any atom is 0.416 e. The normalized spacial score (nSPS) is 23.1. The molecule has 2 aliphatic heterocycles. The van der Waals surface area contributed by atoms with Gasteiger partial charge < -0.3 is 24.6 Å². The number of halogens is 3. The maximum atomic E-state index is 13.5. The number of aromatic amines is 1. The van der Waals surface area contributed by atoms with E-state index in [4.69, 9.17) is 9.47 Å². The second-order valence-electron chi connectivity index (χ2n) is 12.3. The Kier molecular flexibility index (Phi) is 7.97. The summed E-state index contributed by atoms with van der Waals surface area (Å²) in [6.45, 7) is 8.23. The van der Waals surface area contributed by atoms with Gasteiger partial charge in [0.2, 0.25) is 0 Å². The zero-order chi connectivity index (χ0) is 29.4. The minimum atomic E-state index is -4.41. The summed E-state index contributed by atoms with van der Waals surface area (Å²) in [6, 6.07) is 7.08. The van der Waals surface area contributed by atoms with Crippen LogP contribution in [-0.4, -0.2) is 77.1 Å². The van der Waals surface area contributed by atoms with Crippen molar-refractivity contribution in [3.63, 3.8) is 0 Å². The fourth-order valence-electron chi connectivity index (χ4n) is 5.89. The van der Waals surface area contributed by atoms with E-state index in [0.29, 0.717) is 51.5 Å². The van der Waals surface area contributed by atoms with E-state index in [1.165, 1.54) is 12.1 Å². The number of nitrogens with one attached hydrogen (secondary N) is 2. The summed E-state index contributed by atoms with van der Waals surface area (Å²) in [5.74, 6) is -0.286. The van der Waals surface area contributed by atoms with Crippen LogP contribution in [0.1, 0.15) is 80.8 Å². The molecule has 12 heteroatoms. The van der Waals surface area contributed by atoms with Crippen LogP contribution in [0, 0.1) is 0 Å². The van der Waals surface area contributed by atoms with E-state index in [0.717, 1.165) is 42.7 Å². The Morgan fingerprint density at radius 1 is 1.05 bits per heavy atom. The maximum absolute atomic E-state index is 13.5. The minimum absolute atomic E-state index is 0.100. The smallest absolute Gasteiger partial charge is 0.416 e. The molecular weight excluding hydrogens is 539 g/mol. The number of benzene rings is 1. The van der Waals surface area contributed by atoms with Gasteiger partial charge in [-0.1, -0.05) is 12.1 Å². The summed E-state index contributed by atoms with van der Waals surface area (Å²) >= 11 is 0. The number of alkyl carbamates (subject to hydrolysis) is 1. The minimum Gasteiger partial charge on any atom is -0.444 e. The number of carbonyl (C=O) groups excluding carboxylic acids is 2. The highest BCUT2D eigenvalue weighted by Crippen LogP contribution is 2.43. The summed E-state index contributed by atoms with van der Waals surface area (Å²) in [5, 5.41) is 10.8. The number of alkyl halides is 3. The molecule has 9 nitrogen and oxygen atoms in total. The highest BCUT2D eigenvalue weighted by molar-refractivity contribution is 5.75. The largest absolute Gasteiger partial charge is 0.444 e. The number of piperidine rings is 1. The molecule has 41 heavy (non-hydrogen) atoms. The van der Waals surface area contributed by atoms with Gasteiger partial charge in [0.05, 0.1) is 30.0 Å². The summed E-state index contributed by atoms with van der Waals surface area (Å²) in [6.07, 6.45) is -1.87.